The van der Waals surface area contributed by atoms with Gasteiger partial charge in [0.25, 0.3) is 5.91 Å². The number of aliphatic imine (C=N–C) groups is 1. The number of carbonyl (C=O) groups is 2. The molecule has 1 aliphatic heterocycles. The summed E-state index contributed by atoms with van der Waals surface area (Å²) in [6.07, 6.45) is 1.81. The summed E-state index contributed by atoms with van der Waals surface area (Å²) in [6.45, 7) is 0.489. The number of carboxylic acid groups (broad SMARTS) is 1. The van der Waals surface area contributed by atoms with Gasteiger partial charge in [0.15, 0.2) is 5.17 Å². The minimum atomic E-state index is -1.02. The Morgan fingerprint density at radius 2 is 1.81 bits per heavy atom. The number of ether oxygens (including phenoxy) is 1. The van der Waals surface area contributed by atoms with Gasteiger partial charge in [0, 0.05) is 7.05 Å². The highest BCUT2D eigenvalue weighted by atomic mass is 32.2. The van der Waals surface area contributed by atoms with Crippen molar-refractivity contribution in [2.75, 3.05) is 7.05 Å². The average molecular weight is 445 g/mol. The number of amides is 1. The zero-order valence-corrected chi connectivity index (χ0v) is 18.1. The van der Waals surface area contributed by atoms with Crippen LogP contribution < -0.4 is 4.74 Å². The van der Waals surface area contributed by atoms with E-state index in [0.29, 0.717) is 22.4 Å². The molecule has 7 heteroatoms. The lowest BCUT2D eigenvalue weighted by atomic mass is 10.2. The van der Waals surface area contributed by atoms with Crippen molar-refractivity contribution in [3.63, 3.8) is 0 Å². The van der Waals surface area contributed by atoms with Gasteiger partial charge in [-0.25, -0.2) is 9.79 Å². The quantitative estimate of drug-likeness (QED) is 0.529. The van der Waals surface area contributed by atoms with Crippen molar-refractivity contribution < 1.29 is 19.4 Å². The molecular weight excluding hydrogens is 424 g/mol. The second-order valence-electron chi connectivity index (χ2n) is 7.07. The zero-order valence-electron chi connectivity index (χ0n) is 17.3. The first-order valence-electron chi connectivity index (χ1n) is 9.86. The van der Waals surface area contributed by atoms with E-state index in [0.717, 1.165) is 16.9 Å². The first-order valence-corrected chi connectivity index (χ1v) is 10.7. The van der Waals surface area contributed by atoms with E-state index in [2.05, 4.69) is 4.99 Å². The smallest absolute Gasteiger partial charge is 0.335 e. The maximum absolute atomic E-state index is 12.6. The number of nitrogens with zero attached hydrogens (tertiary/aromatic N) is 2. The van der Waals surface area contributed by atoms with Crippen LogP contribution in [0.3, 0.4) is 0 Å². The van der Waals surface area contributed by atoms with E-state index in [4.69, 9.17) is 9.84 Å². The van der Waals surface area contributed by atoms with Crippen LogP contribution in [-0.4, -0.2) is 34.1 Å². The maximum Gasteiger partial charge on any atom is 0.335 e. The van der Waals surface area contributed by atoms with E-state index in [1.807, 2.05) is 54.6 Å². The Labute approximate surface area is 189 Å². The molecule has 0 aromatic heterocycles. The Hall–Kier alpha value is -3.84. The second kappa shape index (κ2) is 9.53. The number of carbonyl (C=O) groups excluding carboxylic acids is 1. The van der Waals surface area contributed by atoms with Gasteiger partial charge in [0.1, 0.15) is 12.4 Å². The third kappa shape index (κ3) is 5.07. The Bertz CT molecular complexity index is 1200. The molecular formula is C25H20N2O4S. The van der Waals surface area contributed by atoms with E-state index in [1.54, 1.807) is 25.3 Å². The molecule has 3 aromatic carbocycles. The van der Waals surface area contributed by atoms with Gasteiger partial charge >= 0.3 is 5.97 Å². The summed E-state index contributed by atoms with van der Waals surface area (Å²) in [6, 6.07) is 23.8. The highest BCUT2D eigenvalue weighted by molar-refractivity contribution is 8.18. The Kier molecular flexibility index (Phi) is 6.37. The lowest BCUT2D eigenvalue weighted by Crippen LogP contribution is -2.23. The molecule has 1 saturated heterocycles. The minimum Gasteiger partial charge on any atom is -0.489 e. The van der Waals surface area contributed by atoms with Gasteiger partial charge in [-0.1, -0.05) is 48.5 Å². The normalized spacial score (nSPS) is 16.0. The SMILES string of the molecule is CN1C(=O)/C(=C\c2ccc(OCc3ccccc3)cc2)SC1=Nc1cccc(C(=O)O)c1. The number of hydrogen-bond acceptors (Lipinski definition) is 5. The number of hydrogen-bond donors (Lipinski definition) is 1. The van der Waals surface area contributed by atoms with Gasteiger partial charge in [0.2, 0.25) is 0 Å². The lowest BCUT2D eigenvalue weighted by Gasteiger charge is -2.07. The predicted molar refractivity (Wildman–Crippen MR) is 126 cm³/mol. The number of aromatic carboxylic acids is 1. The van der Waals surface area contributed by atoms with Gasteiger partial charge < -0.3 is 9.84 Å². The van der Waals surface area contributed by atoms with E-state index in [-0.39, 0.29) is 11.5 Å². The number of amidine groups is 1. The van der Waals surface area contributed by atoms with Crippen LogP contribution in [0.25, 0.3) is 6.08 Å². The molecule has 160 valence electrons. The Balaban J connectivity index is 1.46. The third-order valence-corrected chi connectivity index (χ3v) is 5.81. The lowest BCUT2D eigenvalue weighted by molar-refractivity contribution is -0.121. The van der Waals surface area contributed by atoms with Crippen molar-refractivity contribution in [3.05, 3.63) is 100 Å². The molecule has 0 radical (unpaired) electrons. The Morgan fingerprint density at radius 1 is 1.06 bits per heavy atom. The molecule has 1 amide bonds. The zero-order chi connectivity index (χ0) is 22.5. The molecule has 0 atom stereocenters. The molecule has 0 bridgehead atoms. The van der Waals surface area contributed by atoms with Crippen LogP contribution in [0.1, 0.15) is 21.5 Å². The molecule has 32 heavy (non-hydrogen) atoms. The molecule has 0 unspecified atom stereocenters. The first-order chi connectivity index (χ1) is 15.5. The average Bonchev–Trinajstić information content (AvgIpc) is 3.07. The van der Waals surface area contributed by atoms with Gasteiger partial charge in [-0.2, -0.15) is 0 Å². The summed E-state index contributed by atoms with van der Waals surface area (Å²) in [5.74, 6) is -0.432. The minimum absolute atomic E-state index is 0.147. The fourth-order valence-corrected chi connectivity index (χ4v) is 4.01. The van der Waals surface area contributed by atoms with Crippen molar-refractivity contribution in [2.45, 2.75) is 6.61 Å². The van der Waals surface area contributed by atoms with E-state index < -0.39 is 5.97 Å². The summed E-state index contributed by atoms with van der Waals surface area (Å²) < 4.78 is 5.80. The van der Waals surface area contributed by atoms with Crippen LogP contribution >= 0.6 is 11.8 Å². The van der Waals surface area contributed by atoms with Crippen LogP contribution in [0.4, 0.5) is 5.69 Å². The van der Waals surface area contributed by atoms with Crippen LogP contribution in [-0.2, 0) is 11.4 Å². The van der Waals surface area contributed by atoms with Crippen molar-refractivity contribution in [1.29, 1.82) is 0 Å². The Morgan fingerprint density at radius 3 is 2.53 bits per heavy atom. The third-order valence-electron chi connectivity index (χ3n) is 4.75. The van der Waals surface area contributed by atoms with Crippen LogP contribution in [0.5, 0.6) is 5.75 Å². The van der Waals surface area contributed by atoms with Crippen molar-refractivity contribution in [1.82, 2.24) is 4.90 Å². The second-order valence-corrected chi connectivity index (χ2v) is 8.08. The van der Waals surface area contributed by atoms with Crippen molar-refractivity contribution in [3.8, 4) is 5.75 Å². The largest absolute Gasteiger partial charge is 0.489 e. The molecule has 0 aliphatic carbocycles. The number of likely N-dealkylation sites (N-methyl/N-ethyl adjacent to an activating group) is 1. The molecule has 3 aromatic rings. The maximum atomic E-state index is 12.6. The van der Waals surface area contributed by atoms with E-state index in [1.165, 1.54) is 28.8 Å². The molecule has 0 spiro atoms. The van der Waals surface area contributed by atoms with Crippen LogP contribution in [0.15, 0.2) is 88.8 Å². The van der Waals surface area contributed by atoms with E-state index in [9.17, 15) is 9.59 Å². The standard InChI is InChI=1S/C25H20N2O4S/c1-27-23(28)22(32-25(27)26-20-9-5-8-19(15-20)24(29)30)14-17-10-12-21(13-11-17)31-16-18-6-3-2-4-7-18/h2-15H,16H2,1H3,(H,29,30)/b22-14+,26-25?. The summed E-state index contributed by atoms with van der Waals surface area (Å²) >= 11 is 1.25. The number of rotatable bonds is 6. The van der Waals surface area contributed by atoms with Crippen molar-refractivity contribution >= 4 is 40.6 Å². The topological polar surface area (TPSA) is 79.2 Å². The molecule has 1 N–H and O–H groups in total. The van der Waals surface area contributed by atoms with Crippen LogP contribution in [0, 0.1) is 0 Å². The van der Waals surface area contributed by atoms with Gasteiger partial charge in [-0.15, -0.1) is 0 Å². The molecule has 4 rings (SSSR count). The highest BCUT2D eigenvalue weighted by Gasteiger charge is 2.30. The molecule has 1 fully saturated rings. The van der Waals surface area contributed by atoms with E-state index >= 15 is 0 Å². The molecule has 1 heterocycles. The summed E-state index contributed by atoms with van der Waals surface area (Å²) in [7, 11) is 1.65. The molecule has 1 aliphatic rings. The van der Waals surface area contributed by atoms with Gasteiger partial charge in [-0.05, 0) is 59.3 Å². The number of carboxylic acids is 1. The molecule has 0 saturated carbocycles. The van der Waals surface area contributed by atoms with Gasteiger partial charge in [0.05, 0.1) is 16.2 Å². The molecule has 6 nitrogen and oxygen atoms in total. The van der Waals surface area contributed by atoms with Crippen LogP contribution in [0.2, 0.25) is 0 Å². The van der Waals surface area contributed by atoms with Gasteiger partial charge in [-0.3, -0.25) is 9.69 Å². The first kappa shape index (κ1) is 21.4. The number of benzene rings is 3. The van der Waals surface area contributed by atoms with Crippen molar-refractivity contribution in [2.24, 2.45) is 4.99 Å². The summed E-state index contributed by atoms with van der Waals surface area (Å²) in [5, 5.41) is 9.64. The summed E-state index contributed by atoms with van der Waals surface area (Å²) in [4.78, 5) is 30.3. The predicted octanol–water partition coefficient (Wildman–Crippen LogP) is 5.20. The summed E-state index contributed by atoms with van der Waals surface area (Å²) in [5.41, 5.74) is 2.59. The monoisotopic (exact) mass is 444 g/mol. The highest BCUT2D eigenvalue weighted by Crippen LogP contribution is 2.33. The number of thioether (sulfide) groups is 1. The fourth-order valence-electron chi connectivity index (χ4n) is 3.02. The fraction of sp³-hybridized carbons (Fsp3) is 0.0800.